The third-order valence-electron chi connectivity index (χ3n) is 16.6. The lowest BCUT2D eigenvalue weighted by Crippen LogP contribution is -2.38. The standard InChI is InChI=1S/C18H26O9S.2C12H20O5S.C9H16O5S/c1-4-18(2,3)17(21)25-6-5-24-13(19)9-14(20)26-15-10-7-11-12(8-10)28(22,23)27-16(11)15;1-4-12(2,3)11(13)16-9-6-5-8-7-10(9)17-18(8,14)15;1-4-12(2,3)11(13)16-10-8-6-5-7-9(8)17-18(10,14)15;1-4-9(2,3)8(10)14-7-5-13-15(11,12)6-7/h10-12,15-16H,4-9H2,1-3H3;2*8-10H,4-7H2,1-3H3;7H,4-6H2,1-3H3. The Hall–Kier alpha value is -3.54. The van der Waals surface area contributed by atoms with Gasteiger partial charge in [-0.3, -0.25) is 45.5 Å². The fourth-order valence-electron chi connectivity index (χ4n) is 9.70. The molecule has 4 saturated heterocycles. The van der Waals surface area contributed by atoms with Crippen molar-refractivity contribution in [2.75, 3.05) is 25.6 Å². The topological polar surface area (TPSA) is 331 Å². The van der Waals surface area contributed by atoms with E-state index in [4.69, 9.17) is 41.0 Å². The average Bonchev–Trinajstić information content (AvgIpc) is 4.36. The highest BCUT2D eigenvalue weighted by Gasteiger charge is 2.65. The summed E-state index contributed by atoms with van der Waals surface area (Å²) >= 11 is 0. The van der Waals surface area contributed by atoms with Crippen LogP contribution in [0.3, 0.4) is 0 Å². The van der Waals surface area contributed by atoms with Crippen molar-refractivity contribution in [3.05, 3.63) is 0 Å². The molecule has 8 aliphatic rings. The van der Waals surface area contributed by atoms with Gasteiger partial charge < -0.3 is 28.4 Å². The van der Waals surface area contributed by atoms with Crippen LogP contribution in [0.5, 0.6) is 0 Å². The lowest BCUT2D eigenvalue weighted by Gasteiger charge is -2.29. The summed E-state index contributed by atoms with van der Waals surface area (Å²) in [5.74, 6) is -3.70. The van der Waals surface area contributed by atoms with Gasteiger partial charge in [0.2, 0.25) is 5.44 Å². The zero-order valence-electron chi connectivity index (χ0n) is 47.4. The molecule has 12 unspecified atom stereocenters. The molecule has 0 aromatic carbocycles. The number of carbonyl (C=O) groups is 6. The first-order chi connectivity index (χ1) is 36.4. The van der Waals surface area contributed by atoms with Crippen LogP contribution in [0.15, 0.2) is 0 Å². The van der Waals surface area contributed by atoms with Crippen molar-refractivity contribution in [1.29, 1.82) is 0 Å². The number of fused-ring (bicyclic) bond motifs is 4. The minimum atomic E-state index is -3.75. The van der Waals surface area contributed by atoms with Gasteiger partial charge in [0.1, 0.15) is 62.5 Å². The van der Waals surface area contributed by atoms with E-state index < -0.39 is 133 Å². The van der Waals surface area contributed by atoms with Crippen LogP contribution in [0.1, 0.15) is 167 Å². The van der Waals surface area contributed by atoms with Gasteiger partial charge in [0.15, 0.2) is 0 Å². The second-order valence-electron chi connectivity index (χ2n) is 24.0. The van der Waals surface area contributed by atoms with Crippen LogP contribution in [-0.2, 0) is 114 Å². The molecular weight excluding hydrogens is 1120 g/mol. The zero-order chi connectivity index (χ0) is 59.5. The lowest BCUT2D eigenvalue weighted by molar-refractivity contribution is -0.166. The Morgan fingerprint density at radius 2 is 1.06 bits per heavy atom. The summed E-state index contributed by atoms with van der Waals surface area (Å²) in [6.45, 7) is 21.4. The second-order valence-corrected chi connectivity index (χ2v) is 30.9. The van der Waals surface area contributed by atoms with Gasteiger partial charge in [-0.15, -0.1) is 0 Å². The maximum Gasteiger partial charge on any atom is 0.317 e. The SMILES string of the molecule is CCC(C)(C)C(=O)OC1C2CCCC2OS1(=O)=O.CCC(C)(C)C(=O)OC1CCC2CC1OS2(=O)=O.CCC(C)(C)C(=O)OC1COS(=O)(=O)C1.CCC(C)(C)C(=O)OCCOC(=O)CC(=O)OC1C2CC3C1OS(=O)(=O)C3C2. The molecule has 0 amide bonds. The van der Waals surface area contributed by atoms with Crippen molar-refractivity contribution in [3.8, 4) is 0 Å². The van der Waals surface area contributed by atoms with Crippen molar-refractivity contribution in [2.24, 2.45) is 39.4 Å². The highest BCUT2D eigenvalue weighted by molar-refractivity contribution is 7.88. The molecular formula is C51H82O24S4. The summed E-state index contributed by atoms with van der Waals surface area (Å²) in [5, 5.41) is -0.903. The van der Waals surface area contributed by atoms with E-state index >= 15 is 0 Å². The first-order valence-electron chi connectivity index (χ1n) is 27.1. The molecule has 454 valence electrons. The van der Waals surface area contributed by atoms with Crippen molar-refractivity contribution < 1.29 is 108 Å². The molecule has 4 aliphatic carbocycles. The first-order valence-corrected chi connectivity index (χ1v) is 33.1. The molecule has 4 bridgehead atoms. The summed E-state index contributed by atoms with van der Waals surface area (Å²) in [6, 6.07) is 0. The molecule has 0 aromatic rings. The normalized spacial score (nSPS) is 31.8. The lowest BCUT2D eigenvalue weighted by atomic mass is 9.89. The van der Waals surface area contributed by atoms with Crippen LogP contribution in [0, 0.1) is 39.4 Å². The van der Waals surface area contributed by atoms with Gasteiger partial charge in [-0.2, -0.15) is 33.7 Å². The fraction of sp³-hybridized carbons (Fsp3) is 0.882. The molecule has 8 rings (SSSR count). The predicted molar refractivity (Wildman–Crippen MR) is 278 cm³/mol. The molecule has 24 nitrogen and oxygen atoms in total. The van der Waals surface area contributed by atoms with Crippen LogP contribution in [0.2, 0.25) is 0 Å². The minimum absolute atomic E-state index is 0.0569. The van der Waals surface area contributed by atoms with Crippen LogP contribution in [-0.4, -0.2) is 148 Å². The van der Waals surface area contributed by atoms with Gasteiger partial charge in [-0.1, -0.05) is 34.1 Å². The van der Waals surface area contributed by atoms with E-state index in [1.54, 1.807) is 41.5 Å². The van der Waals surface area contributed by atoms with Crippen molar-refractivity contribution in [2.45, 2.75) is 219 Å². The van der Waals surface area contributed by atoms with Gasteiger partial charge in [-0.25, -0.2) is 0 Å². The van der Waals surface area contributed by atoms with Crippen molar-refractivity contribution in [3.63, 3.8) is 0 Å². The molecule has 28 heteroatoms. The van der Waals surface area contributed by atoms with E-state index in [2.05, 4.69) is 4.18 Å². The second kappa shape index (κ2) is 25.5. The van der Waals surface area contributed by atoms with E-state index in [9.17, 15) is 62.4 Å². The maximum absolute atomic E-state index is 12.0. The number of hydrogen-bond donors (Lipinski definition) is 0. The van der Waals surface area contributed by atoms with E-state index in [1.807, 2.05) is 41.5 Å². The largest absolute Gasteiger partial charge is 0.462 e. The van der Waals surface area contributed by atoms with E-state index in [1.165, 1.54) is 0 Å². The number of carbonyl (C=O) groups excluding carboxylic acids is 6. The van der Waals surface area contributed by atoms with Crippen LogP contribution in [0.4, 0.5) is 0 Å². The first kappa shape index (κ1) is 66.3. The monoisotopic (exact) mass is 1210 g/mol. The van der Waals surface area contributed by atoms with Crippen LogP contribution < -0.4 is 0 Å². The quantitative estimate of drug-likeness (QED) is 0.0602. The molecule has 4 aliphatic heterocycles. The summed E-state index contributed by atoms with van der Waals surface area (Å²) in [6.07, 6.45) is 3.83. The molecule has 0 aromatic heterocycles. The number of hydrogen-bond acceptors (Lipinski definition) is 24. The third kappa shape index (κ3) is 16.4. The van der Waals surface area contributed by atoms with Gasteiger partial charge in [-0.05, 0) is 126 Å². The van der Waals surface area contributed by atoms with Crippen LogP contribution in [0.25, 0.3) is 0 Å². The molecule has 0 radical (unpaired) electrons. The van der Waals surface area contributed by atoms with Crippen molar-refractivity contribution in [1.82, 2.24) is 0 Å². The molecule has 8 fully saturated rings. The number of esters is 6. The fourth-order valence-corrected chi connectivity index (χ4v) is 15.8. The van der Waals surface area contributed by atoms with E-state index in [0.717, 1.165) is 19.3 Å². The van der Waals surface area contributed by atoms with Gasteiger partial charge in [0.05, 0.1) is 38.3 Å². The van der Waals surface area contributed by atoms with Gasteiger partial charge in [0.25, 0.3) is 30.4 Å². The zero-order valence-corrected chi connectivity index (χ0v) is 50.6. The van der Waals surface area contributed by atoms with E-state index in [0.29, 0.717) is 57.8 Å². The smallest absolute Gasteiger partial charge is 0.317 e. The molecule has 79 heavy (non-hydrogen) atoms. The molecule has 0 N–H and O–H groups in total. The van der Waals surface area contributed by atoms with Crippen LogP contribution >= 0.6 is 0 Å². The third-order valence-corrected chi connectivity index (χ3v) is 23.0. The number of rotatable bonds is 17. The number of ether oxygens (including phenoxy) is 6. The van der Waals surface area contributed by atoms with Gasteiger partial charge >= 0.3 is 45.9 Å². The molecule has 0 spiro atoms. The summed E-state index contributed by atoms with van der Waals surface area (Å²) in [7, 11) is -14.2. The Labute approximate surface area is 465 Å². The summed E-state index contributed by atoms with van der Waals surface area (Å²) < 4.78 is 143. The Kier molecular flexibility index (Phi) is 21.4. The highest BCUT2D eigenvalue weighted by atomic mass is 32.2. The van der Waals surface area contributed by atoms with Crippen molar-refractivity contribution >= 4 is 76.3 Å². The molecule has 4 heterocycles. The molecule has 12 atom stereocenters. The Morgan fingerprint density at radius 3 is 1.63 bits per heavy atom. The Morgan fingerprint density at radius 1 is 0.519 bits per heavy atom. The average molecular weight is 1210 g/mol. The minimum Gasteiger partial charge on any atom is -0.462 e. The maximum atomic E-state index is 12.0. The van der Waals surface area contributed by atoms with Gasteiger partial charge in [0, 0.05) is 17.8 Å². The summed E-state index contributed by atoms with van der Waals surface area (Å²) in [4.78, 5) is 71.1. The predicted octanol–water partition coefficient (Wildman–Crippen LogP) is 5.08. The Balaban J connectivity index is 0.000000200. The summed E-state index contributed by atoms with van der Waals surface area (Å²) in [5.41, 5.74) is -3.49. The molecule has 4 saturated carbocycles. The highest BCUT2D eigenvalue weighted by Crippen LogP contribution is 2.55. The Bertz CT molecular complexity index is 2700. The van der Waals surface area contributed by atoms with E-state index in [-0.39, 0.29) is 67.3 Å².